The number of hydrogen-bond donors (Lipinski definition) is 1. The van der Waals surface area contributed by atoms with Crippen molar-refractivity contribution in [2.24, 2.45) is 5.92 Å². The lowest BCUT2D eigenvalue weighted by Gasteiger charge is -2.16. The van der Waals surface area contributed by atoms with Crippen LogP contribution < -0.4 is 5.32 Å². The summed E-state index contributed by atoms with van der Waals surface area (Å²) < 4.78 is 10.1. The summed E-state index contributed by atoms with van der Waals surface area (Å²) in [6, 6.07) is 0. The minimum absolute atomic E-state index is 0.0923. The van der Waals surface area contributed by atoms with Crippen LogP contribution in [0, 0.1) is 5.92 Å². The molecule has 0 aromatic heterocycles. The number of likely N-dealkylation sites (tertiary alicyclic amines) is 1. The molecule has 1 N–H and O–H groups in total. The molecule has 1 atom stereocenters. The predicted octanol–water partition coefficient (Wildman–Crippen LogP) is -0.283. The van der Waals surface area contributed by atoms with Crippen LogP contribution in [0.25, 0.3) is 0 Å². The van der Waals surface area contributed by atoms with Crippen molar-refractivity contribution in [1.82, 2.24) is 10.2 Å². The Hall–Kier alpha value is -0.650. The third-order valence-corrected chi connectivity index (χ3v) is 2.79. The number of rotatable bonds is 7. The second-order valence-corrected chi connectivity index (χ2v) is 4.10. The fourth-order valence-corrected chi connectivity index (χ4v) is 1.91. The van der Waals surface area contributed by atoms with Gasteiger partial charge in [-0.3, -0.25) is 4.79 Å². The molecule has 1 heterocycles. The third kappa shape index (κ3) is 4.47. The van der Waals surface area contributed by atoms with Gasteiger partial charge in [0.25, 0.3) is 0 Å². The quantitative estimate of drug-likeness (QED) is 0.611. The molecule has 0 spiro atoms. The minimum atomic E-state index is 0.0923. The Balaban J connectivity index is 2.13. The smallest absolute Gasteiger partial charge is 0.248 e. The van der Waals surface area contributed by atoms with E-state index in [2.05, 4.69) is 5.32 Å². The summed E-state index contributed by atoms with van der Waals surface area (Å²) in [6.45, 7) is 3.89. The van der Waals surface area contributed by atoms with Crippen LogP contribution in [0.1, 0.15) is 6.42 Å². The molecule has 0 aromatic carbocycles. The molecule has 1 fully saturated rings. The predicted molar refractivity (Wildman–Crippen MR) is 61.3 cm³/mol. The molecule has 0 aliphatic carbocycles. The topological polar surface area (TPSA) is 50.8 Å². The van der Waals surface area contributed by atoms with Crippen molar-refractivity contribution < 1.29 is 14.3 Å². The molecular formula is C11H22N2O3. The molecule has 1 amide bonds. The van der Waals surface area contributed by atoms with Crippen LogP contribution in [0.4, 0.5) is 0 Å². The van der Waals surface area contributed by atoms with Crippen molar-refractivity contribution in [2.75, 3.05) is 53.6 Å². The first-order valence-electron chi connectivity index (χ1n) is 5.77. The van der Waals surface area contributed by atoms with E-state index in [1.165, 1.54) is 0 Å². The van der Waals surface area contributed by atoms with E-state index in [4.69, 9.17) is 9.47 Å². The first kappa shape index (κ1) is 13.4. The van der Waals surface area contributed by atoms with Crippen LogP contribution in [0.2, 0.25) is 0 Å². The second-order valence-electron chi connectivity index (χ2n) is 4.10. The molecule has 1 aliphatic heterocycles. The normalized spacial score (nSPS) is 20.4. The molecule has 0 radical (unpaired) electrons. The highest BCUT2D eigenvalue weighted by Crippen LogP contribution is 2.15. The summed E-state index contributed by atoms with van der Waals surface area (Å²) in [4.78, 5) is 13.6. The van der Waals surface area contributed by atoms with Crippen LogP contribution in [0.3, 0.4) is 0 Å². The average molecular weight is 230 g/mol. The van der Waals surface area contributed by atoms with E-state index in [-0.39, 0.29) is 12.5 Å². The molecule has 1 rings (SSSR count). The van der Waals surface area contributed by atoms with Crippen LogP contribution in [-0.4, -0.2) is 64.4 Å². The van der Waals surface area contributed by atoms with Gasteiger partial charge in [0.2, 0.25) is 5.91 Å². The number of ether oxygens (including phenoxy) is 2. The van der Waals surface area contributed by atoms with Crippen LogP contribution in [0.5, 0.6) is 0 Å². The molecule has 5 nitrogen and oxygen atoms in total. The zero-order valence-electron chi connectivity index (χ0n) is 10.2. The SMILES string of the molecule is CNCC1CCN(C(=O)COCCOC)C1. The van der Waals surface area contributed by atoms with Crippen molar-refractivity contribution in [2.45, 2.75) is 6.42 Å². The molecule has 1 aliphatic rings. The summed E-state index contributed by atoms with van der Waals surface area (Å²) in [7, 11) is 3.56. The molecule has 94 valence electrons. The van der Waals surface area contributed by atoms with E-state index in [9.17, 15) is 4.79 Å². The van der Waals surface area contributed by atoms with Gasteiger partial charge in [-0.25, -0.2) is 0 Å². The molecule has 0 bridgehead atoms. The van der Waals surface area contributed by atoms with Gasteiger partial charge in [-0.15, -0.1) is 0 Å². The Morgan fingerprint density at radius 1 is 1.50 bits per heavy atom. The fourth-order valence-electron chi connectivity index (χ4n) is 1.91. The van der Waals surface area contributed by atoms with Gasteiger partial charge in [-0.1, -0.05) is 0 Å². The number of hydrogen-bond acceptors (Lipinski definition) is 4. The Morgan fingerprint density at radius 2 is 2.31 bits per heavy atom. The number of amides is 1. The molecule has 0 saturated carbocycles. The highest BCUT2D eigenvalue weighted by molar-refractivity contribution is 5.77. The summed E-state index contributed by atoms with van der Waals surface area (Å²) in [6.07, 6.45) is 1.09. The number of nitrogens with one attached hydrogen (secondary N) is 1. The van der Waals surface area contributed by atoms with E-state index >= 15 is 0 Å². The van der Waals surface area contributed by atoms with E-state index < -0.39 is 0 Å². The number of carbonyl (C=O) groups excluding carboxylic acids is 1. The largest absolute Gasteiger partial charge is 0.382 e. The van der Waals surface area contributed by atoms with Crippen LogP contribution in [0.15, 0.2) is 0 Å². The number of nitrogens with zero attached hydrogens (tertiary/aromatic N) is 1. The fraction of sp³-hybridized carbons (Fsp3) is 0.909. The number of methoxy groups -OCH3 is 1. The Bertz CT molecular complexity index is 211. The maximum absolute atomic E-state index is 11.7. The highest BCUT2D eigenvalue weighted by atomic mass is 16.5. The Morgan fingerprint density at radius 3 is 3.00 bits per heavy atom. The molecular weight excluding hydrogens is 208 g/mol. The molecule has 1 saturated heterocycles. The van der Waals surface area contributed by atoms with E-state index in [0.717, 1.165) is 26.1 Å². The van der Waals surface area contributed by atoms with Gasteiger partial charge in [0.15, 0.2) is 0 Å². The van der Waals surface area contributed by atoms with Gasteiger partial charge in [-0.05, 0) is 25.9 Å². The van der Waals surface area contributed by atoms with Gasteiger partial charge >= 0.3 is 0 Å². The minimum Gasteiger partial charge on any atom is -0.382 e. The molecule has 0 aromatic rings. The van der Waals surface area contributed by atoms with E-state index in [1.54, 1.807) is 7.11 Å². The van der Waals surface area contributed by atoms with E-state index in [0.29, 0.717) is 19.1 Å². The lowest BCUT2D eigenvalue weighted by Crippen LogP contribution is -2.33. The highest BCUT2D eigenvalue weighted by Gasteiger charge is 2.25. The zero-order valence-corrected chi connectivity index (χ0v) is 10.2. The van der Waals surface area contributed by atoms with Gasteiger partial charge < -0.3 is 19.7 Å². The second kappa shape index (κ2) is 7.60. The van der Waals surface area contributed by atoms with Gasteiger partial charge in [-0.2, -0.15) is 0 Å². The first-order chi connectivity index (χ1) is 7.77. The summed E-state index contributed by atoms with van der Waals surface area (Å²) in [5.74, 6) is 0.683. The van der Waals surface area contributed by atoms with Crippen molar-refractivity contribution >= 4 is 5.91 Å². The maximum atomic E-state index is 11.7. The standard InChI is InChI=1S/C11H22N2O3/c1-12-7-10-3-4-13(8-10)11(14)9-16-6-5-15-2/h10,12H,3-9H2,1-2H3. The molecule has 5 heteroatoms. The lowest BCUT2D eigenvalue weighted by molar-refractivity contribution is -0.135. The molecule has 1 unspecified atom stereocenters. The molecule has 16 heavy (non-hydrogen) atoms. The third-order valence-electron chi connectivity index (χ3n) is 2.79. The van der Waals surface area contributed by atoms with Crippen LogP contribution in [-0.2, 0) is 14.3 Å². The first-order valence-corrected chi connectivity index (χ1v) is 5.77. The summed E-state index contributed by atoms with van der Waals surface area (Å²) in [5.41, 5.74) is 0. The van der Waals surface area contributed by atoms with Crippen molar-refractivity contribution in [3.63, 3.8) is 0 Å². The van der Waals surface area contributed by atoms with Gasteiger partial charge in [0.1, 0.15) is 6.61 Å². The average Bonchev–Trinajstić information content (AvgIpc) is 2.73. The lowest BCUT2D eigenvalue weighted by atomic mass is 10.1. The maximum Gasteiger partial charge on any atom is 0.248 e. The number of carbonyl (C=O) groups is 1. The Kier molecular flexibility index (Phi) is 6.37. The Labute approximate surface area is 97.1 Å². The zero-order chi connectivity index (χ0) is 11.8. The summed E-state index contributed by atoms with van der Waals surface area (Å²) >= 11 is 0. The van der Waals surface area contributed by atoms with Crippen LogP contribution >= 0.6 is 0 Å². The van der Waals surface area contributed by atoms with Gasteiger partial charge in [0, 0.05) is 20.2 Å². The van der Waals surface area contributed by atoms with Crippen molar-refractivity contribution in [1.29, 1.82) is 0 Å². The van der Waals surface area contributed by atoms with E-state index in [1.807, 2.05) is 11.9 Å². The summed E-state index contributed by atoms with van der Waals surface area (Å²) in [5, 5.41) is 3.14. The van der Waals surface area contributed by atoms with Crippen molar-refractivity contribution in [3.8, 4) is 0 Å². The van der Waals surface area contributed by atoms with Gasteiger partial charge in [0.05, 0.1) is 13.2 Å². The monoisotopic (exact) mass is 230 g/mol. The van der Waals surface area contributed by atoms with Crippen molar-refractivity contribution in [3.05, 3.63) is 0 Å².